The molecule has 0 saturated heterocycles. The Kier molecular flexibility index (Phi) is 10.3. The van der Waals surface area contributed by atoms with Crippen LogP contribution >= 0.6 is 38.5 Å². The summed E-state index contributed by atoms with van der Waals surface area (Å²) in [6.07, 6.45) is 0.710. The number of carbonyl (C=O) groups excluding carboxylic acids is 3. The lowest BCUT2D eigenvalue weighted by atomic mass is 10.0. The molecular weight excluding hydrogens is 671 g/mol. The Morgan fingerprint density at radius 3 is 2.18 bits per heavy atom. The predicted molar refractivity (Wildman–Crippen MR) is 163 cm³/mol. The topological polar surface area (TPSA) is 84.5 Å². The molecule has 198 valence electrons. The zero-order valence-electron chi connectivity index (χ0n) is 21.0. The van der Waals surface area contributed by atoms with Crippen LogP contribution in [0.4, 0.5) is 0 Å². The summed E-state index contributed by atoms with van der Waals surface area (Å²) in [5.41, 5.74) is 5.49. The number of halogens is 2. The zero-order chi connectivity index (χ0) is 27.6. The van der Waals surface area contributed by atoms with Crippen molar-refractivity contribution in [2.45, 2.75) is 19.6 Å². The molecule has 4 rings (SSSR count). The van der Waals surface area contributed by atoms with Crippen molar-refractivity contribution >= 4 is 56.3 Å². The molecular formula is C31H26BrIN2O4. The van der Waals surface area contributed by atoms with Gasteiger partial charge in [0.05, 0.1) is 0 Å². The lowest BCUT2D eigenvalue weighted by molar-refractivity contribution is -0.156. The van der Waals surface area contributed by atoms with E-state index in [1.54, 1.807) is 18.2 Å². The van der Waals surface area contributed by atoms with Crippen LogP contribution in [0.25, 0.3) is 11.1 Å². The number of nitrogens with one attached hydrogen (secondary N) is 2. The maximum atomic E-state index is 12.6. The first-order valence-electron chi connectivity index (χ1n) is 12.3. The number of benzene rings is 4. The average Bonchev–Trinajstić information content (AvgIpc) is 2.96. The van der Waals surface area contributed by atoms with E-state index in [0.717, 1.165) is 20.3 Å². The highest BCUT2D eigenvalue weighted by Crippen LogP contribution is 2.21. The third-order valence-electron chi connectivity index (χ3n) is 6.02. The second-order valence-corrected chi connectivity index (χ2v) is 10.7. The van der Waals surface area contributed by atoms with Gasteiger partial charge in [-0.15, -0.1) is 0 Å². The summed E-state index contributed by atoms with van der Waals surface area (Å²) < 4.78 is 6.76. The van der Waals surface area contributed by atoms with Crippen LogP contribution in [0.3, 0.4) is 0 Å². The maximum absolute atomic E-state index is 12.6. The molecule has 0 aromatic heterocycles. The summed E-state index contributed by atoms with van der Waals surface area (Å²) >= 11 is 5.60. The summed E-state index contributed by atoms with van der Waals surface area (Å²) in [6, 6.07) is 31.1. The summed E-state index contributed by atoms with van der Waals surface area (Å²) in [5, 5.41) is 5.51. The Bertz CT molecular complexity index is 1460. The van der Waals surface area contributed by atoms with Crippen LogP contribution in [-0.4, -0.2) is 24.3 Å². The molecule has 4 aromatic rings. The van der Waals surface area contributed by atoms with E-state index in [1.807, 2.05) is 42.5 Å². The minimum absolute atomic E-state index is 0.101. The van der Waals surface area contributed by atoms with Gasteiger partial charge in [-0.25, -0.2) is 4.79 Å². The fourth-order valence-electron chi connectivity index (χ4n) is 3.82. The molecule has 4 aromatic carbocycles. The molecule has 39 heavy (non-hydrogen) atoms. The number of amides is 2. The number of rotatable bonds is 9. The molecule has 6 nitrogen and oxygen atoms in total. The van der Waals surface area contributed by atoms with E-state index in [1.165, 1.54) is 5.56 Å². The van der Waals surface area contributed by atoms with Gasteiger partial charge >= 0.3 is 11.9 Å². The molecule has 0 unspecified atom stereocenters. The second kappa shape index (κ2) is 14.0. The van der Waals surface area contributed by atoms with E-state index < -0.39 is 11.9 Å². The van der Waals surface area contributed by atoms with Crippen molar-refractivity contribution in [2.75, 3.05) is 6.54 Å². The molecule has 2 amide bonds. The van der Waals surface area contributed by atoms with Crippen molar-refractivity contribution < 1.29 is 19.1 Å². The summed E-state index contributed by atoms with van der Waals surface area (Å²) in [7, 11) is 0. The molecule has 0 aliphatic carbocycles. The van der Waals surface area contributed by atoms with Crippen LogP contribution in [0.5, 0.6) is 0 Å². The molecule has 0 atom stereocenters. The van der Waals surface area contributed by atoms with E-state index in [9.17, 15) is 14.4 Å². The Labute approximate surface area is 249 Å². The van der Waals surface area contributed by atoms with Crippen molar-refractivity contribution in [1.29, 1.82) is 0 Å². The van der Waals surface area contributed by atoms with Gasteiger partial charge in [0.15, 0.2) is 0 Å². The smallest absolute Gasteiger partial charge is 0.397 e. The van der Waals surface area contributed by atoms with E-state index in [2.05, 4.69) is 85.6 Å². The van der Waals surface area contributed by atoms with Gasteiger partial charge in [0.1, 0.15) is 6.61 Å². The number of hydrogen-bond donors (Lipinski definition) is 2. The molecule has 0 aliphatic rings. The number of carbonyl (C=O) groups is 3. The van der Waals surface area contributed by atoms with Gasteiger partial charge in [-0.2, -0.15) is 0 Å². The highest BCUT2D eigenvalue weighted by molar-refractivity contribution is 14.1. The number of esters is 1. The van der Waals surface area contributed by atoms with Crippen molar-refractivity contribution in [3.05, 3.63) is 127 Å². The number of ether oxygens (including phenoxy) is 1. The molecule has 0 bridgehead atoms. The van der Waals surface area contributed by atoms with E-state index >= 15 is 0 Å². The lowest BCUT2D eigenvalue weighted by Crippen LogP contribution is -2.32. The lowest BCUT2D eigenvalue weighted by Gasteiger charge is -2.10. The average molecular weight is 697 g/mol. The first kappa shape index (κ1) is 28.5. The van der Waals surface area contributed by atoms with Crippen molar-refractivity contribution in [3.63, 3.8) is 0 Å². The van der Waals surface area contributed by atoms with Crippen molar-refractivity contribution in [1.82, 2.24) is 10.6 Å². The van der Waals surface area contributed by atoms with Crippen LogP contribution in [0.1, 0.15) is 27.0 Å². The molecule has 0 aliphatic heterocycles. The van der Waals surface area contributed by atoms with Gasteiger partial charge in [0.2, 0.25) is 0 Å². The van der Waals surface area contributed by atoms with Crippen LogP contribution < -0.4 is 10.6 Å². The quantitative estimate of drug-likeness (QED) is 0.127. The standard InChI is InChI=1S/C31H26BrIN2O4/c32-27-18-24(29(36)34-17-16-21-10-12-23(13-11-21)22-6-2-1-3-7-22)14-15-26(27)20-39-31(38)30(37)35-19-25-8-4-5-9-28(25)33/h1-15,18H,16-17,19-20H2,(H,34,36)(H,35,37). The molecule has 0 saturated carbocycles. The zero-order valence-corrected chi connectivity index (χ0v) is 24.7. The van der Waals surface area contributed by atoms with Gasteiger partial charge in [0, 0.05) is 32.3 Å². The van der Waals surface area contributed by atoms with Crippen molar-refractivity contribution in [3.8, 4) is 11.1 Å². The summed E-state index contributed by atoms with van der Waals surface area (Å²) in [6.45, 7) is 0.633. The Morgan fingerprint density at radius 2 is 1.46 bits per heavy atom. The number of hydrogen-bond acceptors (Lipinski definition) is 4. The Balaban J connectivity index is 1.22. The minimum atomic E-state index is -0.966. The molecule has 0 heterocycles. The van der Waals surface area contributed by atoms with E-state index in [0.29, 0.717) is 28.6 Å². The molecule has 0 spiro atoms. The molecule has 0 fully saturated rings. The highest BCUT2D eigenvalue weighted by atomic mass is 127. The Hall–Kier alpha value is -3.50. The predicted octanol–water partition coefficient (Wildman–Crippen LogP) is 6.05. The van der Waals surface area contributed by atoms with Gasteiger partial charge in [-0.1, -0.05) is 94.8 Å². The SMILES string of the molecule is O=C(NCc1ccccc1I)C(=O)OCc1ccc(C(=O)NCCc2ccc(-c3ccccc3)cc2)cc1Br. The van der Waals surface area contributed by atoms with Gasteiger partial charge in [-0.05, 0) is 69.5 Å². The normalized spacial score (nSPS) is 10.5. The van der Waals surface area contributed by atoms with E-state index in [4.69, 9.17) is 4.74 Å². The monoisotopic (exact) mass is 696 g/mol. The third kappa shape index (κ3) is 8.24. The third-order valence-corrected chi connectivity index (χ3v) is 7.81. The molecule has 8 heteroatoms. The first-order chi connectivity index (χ1) is 18.9. The first-order valence-corrected chi connectivity index (χ1v) is 14.2. The molecule has 2 N–H and O–H groups in total. The maximum Gasteiger partial charge on any atom is 0.397 e. The van der Waals surface area contributed by atoms with E-state index in [-0.39, 0.29) is 19.1 Å². The van der Waals surface area contributed by atoms with Crippen LogP contribution in [0.2, 0.25) is 0 Å². The molecule has 0 radical (unpaired) electrons. The van der Waals surface area contributed by atoms with Gasteiger partial charge in [0.25, 0.3) is 5.91 Å². The largest absolute Gasteiger partial charge is 0.454 e. The Morgan fingerprint density at radius 1 is 0.769 bits per heavy atom. The fourth-order valence-corrected chi connectivity index (χ4v) is 4.89. The fraction of sp³-hybridized carbons (Fsp3) is 0.129. The summed E-state index contributed by atoms with van der Waals surface area (Å²) in [4.78, 5) is 36.9. The van der Waals surface area contributed by atoms with Crippen LogP contribution in [-0.2, 0) is 33.9 Å². The van der Waals surface area contributed by atoms with Crippen molar-refractivity contribution in [2.24, 2.45) is 0 Å². The highest BCUT2D eigenvalue weighted by Gasteiger charge is 2.17. The van der Waals surface area contributed by atoms with Crippen LogP contribution in [0, 0.1) is 3.57 Å². The van der Waals surface area contributed by atoms with Crippen LogP contribution in [0.15, 0.2) is 102 Å². The minimum Gasteiger partial charge on any atom is -0.454 e. The second-order valence-electron chi connectivity index (χ2n) is 8.73. The summed E-state index contributed by atoms with van der Waals surface area (Å²) in [5.74, 6) is -1.97. The van der Waals surface area contributed by atoms with Gasteiger partial charge in [-0.3, -0.25) is 9.59 Å². The van der Waals surface area contributed by atoms with Gasteiger partial charge < -0.3 is 15.4 Å².